The van der Waals surface area contributed by atoms with Crippen LogP contribution in [0.15, 0.2) is 35.5 Å². The van der Waals surface area contributed by atoms with Gasteiger partial charge in [0.05, 0.1) is 30.1 Å². The fourth-order valence-corrected chi connectivity index (χ4v) is 4.85. The summed E-state index contributed by atoms with van der Waals surface area (Å²) in [6.45, 7) is 8.72. The van der Waals surface area contributed by atoms with Gasteiger partial charge in [0.1, 0.15) is 5.60 Å². The standard InChI is InChI=1S/C20H28N4O6S/c1-19(2,3)30-17(25)12-15-11-16(29-20(4,5)28-15)13-31(26,27)18-21-22-23-24(18)14-9-7-6-8-10-14/h6-10,15-16H,11-13H2,1-5H3/t15-,16-/m0/s1. The van der Waals surface area contributed by atoms with Crippen molar-refractivity contribution in [1.29, 1.82) is 0 Å². The summed E-state index contributed by atoms with van der Waals surface area (Å²) in [4.78, 5) is 12.2. The minimum Gasteiger partial charge on any atom is -0.460 e. The number of para-hydroxylation sites is 1. The third-order valence-electron chi connectivity index (χ3n) is 4.37. The molecular formula is C20H28N4O6S. The van der Waals surface area contributed by atoms with Crippen LogP contribution in [-0.4, -0.2) is 63.9 Å². The van der Waals surface area contributed by atoms with Gasteiger partial charge in [-0.15, -0.1) is 0 Å². The van der Waals surface area contributed by atoms with E-state index in [0.717, 1.165) is 0 Å². The number of hydrogen-bond donors (Lipinski definition) is 0. The Balaban J connectivity index is 1.75. The van der Waals surface area contributed by atoms with Crippen LogP contribution in [0.2, 0.25) is 0 Å². The van der Waals surface area contributed by atoms with E-state index >= 15 is 0 Å². The Morgan fingerprint density at radius 2 is 1.84 bits per heavy atom. The summed E-state index contributed by atoms with van der Waals surface area (Å²) in [7, 11) is -3.90. The highest BCUT2D eigenvalue weighted by molar-refractivity contribution is 7.91. The SMILES string of the molecule is CC(C)(C)OC(=O)C[C@@H]1C[C@@H](CS(=O)(=O)c2nnnn2-c2ccccc2)OC(C)(C)O1. The third kappa shape index (κ3) is 6.31. The molecule has 170 valence electrons. The first-order valence-electron chi connectivity index (χ1n) is 9.99. The summed E-state index contributed by atoms with van der Waals surface area (Å²) in [6.07, 6.45) is -1.03. The van der Waals surface area contributed by atoms with Gasteiger partial charge in [-0.3, -0.25) is 4.79 Å². The molecule has 10 nitrogen and oxygen atoms in total. The van der Waals surface area contributed by atoms with Crippen molar-refractivity contribution < 1.29 is 27.4 Å². The van der Waals surface area contributed by atoms with Gasteiger partial charge in [0.15, 0.2) is 5.79 Å². The van der Waals surface area contributed by atoms with Crippen molar-refractivity contribution in [1.82, 2.24) is 20.2 Å². The van der Waals surface area contributed by atoms with Crippen LogP contribution in [0.3, 0.4) is 0 Å². The molecule has 3 rings (SSSR count). The molecule has 0 amide bonds. The van der Waals surface area contributed by atoms with Crippen LogP contribution in [-0.2, 0) is 28.8 Å². The molecule has 11 heteroatoms. The predicted octanol–water partition coefficient (Wildman–Crippen LogP) is 2.08. The van der Waals surface area contributed by atoms with Crippen molar-refractivity contribution in [2.24, 2.45) is 0 Å². The lowest BCUT2D eigenvalue weighted by molar-refractivity contribution is -0.295. The number of rotatable bonds is 6. The number of esters is 1. The van der Waals surface area contributed by atoms with Gasteiger partial charge in [-0.2, -0.15) is 4.68 Å². The molecule has 0 unspecified atom stereocenters. The lowest BCUT2D eigenvalue weighted by Crippen LogP contribution is -2.47. The maximum Gasteiger partial charge on any atom is 0.308 e. The lowest BCUT2D eigenvalue weighted by Gasteiger charge is -2.40. The van der Waals surface area contributed by atoms with Crippen LogP contribution in [0.1, 0.15) is 47.5 Å². The number of nitrogens with zero attached hydrogens (tertiary/aromatic N) is 4. The quantitative estimate of drug-likeness (QED) is 0.606. The van der Waals surface area contributed by atoms with E-state index in [1.54, 1.807) is 58.9 Å². The topological polar surface area (TPSA) is 123 Å². The summed E-state index contributed by atoms with van der Waals surface area (Å²) in [5, 5.41) is 10.8. The van der Waals surface area contributed by atoms with Crippen molar-refractivity contribution in [2.45, 2.75) is 76.2 Å². The Hall–Kier alpha value is -2.37. The zero-order valence-electron chi connectivity index (χ0n) is 18.3. The average molecular weight is 453 g/mol. The summed E-state index contributed by atoms with van der Waals surface area (Å²) in [6, 6.07) is 8.75. The van der Waals surface area contributed by atoms with Crippen molar-refractivity contribution >= 4 is 15.8 Å². The smallest absolute Gasteiger partial charge is 0.308 e. The van der Waals surface area contributed by atoms with Gasteiger partial charge in [-0.1, -0.05) is 23.3 Å². The zero-order chi connectivity index (χ0) is 22.9. The molecule has 0 N–H and O–H groups in total. The minimum atomic E-state index is -3.90. The van der Waals surface area contributed by atoms with Crippen molar-refractivity contribution in [3.8, 4) is 5.69 Å². The molecule has 31 heavy (non-hydrogen) atoms. The first-order valence-corrected chi connectivity index (χ1v) is 11.6. The van der Waals surface area contributed by atoms with Crippen LogP contribution in [0, 0.1) is 0 Å². The van der Waals surface area contributed by atoms with E-state index in [1.807, 2.05) is 6.07 Å². The third-order valence-corrected chi connectivity index (χ3v) is 5.99. The maximum atomic E-state index is 13.1. The van der Waals surface area contributed by atoms with Gasteiger partial charge in [-0.05, 0) is 57.2 Å². The van der Waals surface area contributed by atoms with Crippen LogP contribution in [0.25, 0.3) is 5.69 Å². The summed E-state index contributed by atoms with van der Waals surface area (Å²) >= 11 is 0. The fourth-order valence-electron chi connectivity index (χ4n) is 3.44. The van der Waals surface area contributed by atoms with Crippen LogP contribution >= 0.6 is 0 Å². The molecule has 1 aliphatic heterocycles. The van der Waals surface area contributed by atoms with Crippen molar-refractivity contribution in [3.63, 3.8) is 0 Å². The molecule has 0 aliphatic carbocycles. The molecule has 1 aliphatic rings. The number of carbonyl (C=O) groups excluding carboxylic acids is 1. The molecule has 1 saturated heterocycles. The fraction of sp³-hybridized carbons (Fsp3) is 0.600. The Bertz CT molecular complexity index is 1010. The van der Waals surface area contributed by atoms with Gasteiger partial charge >= 0.3 is 5.97 Å². The molecule has 0 radical (unpaired) electrons. The average Bonchev–Trinajstić information content (AvgIpc) is 3.09. The highest BCUT2D eigenvalue weighted by atomic mass is 32.2. The molecule has 1 aromatic carbocycles. The molecule has 1 aromatic heterocycles. The number of sulfone groups is 1. The van der Waals surface area contributed by atoms with Gasteiger partial charge in [0.2, 0.25) is 9.84 Å². The summed E-state index contributed by atoms with van der Waals surface area (Å²) in [5.41, 5.74) is -0.0863. The van der Waals surface area contributed by atoms with E-state index in [9.17, 15) is 13.2 Å². The highest BCUT2D eigenvalue weighted by Gasteiger charge is 2.40. The number of carbonyl (C=O) groups is 1. The van der Waals surface area contributed by atoms with Gasteiger partial charge in [-0.25, -0.2) is 8.42 Å². The summed E-state index contributed by atoms with van der Waals surface area (Å²) in [5.74, 6) is -1.82. The van der Waals surface area contributed by atoms with Crippen LogP contribution < -0.4 is 0 Å². The monoisotopic (exact) mass is 452 g/mol. The molecular weight excluding hydrogens is 424 g/mol. The number of ether oxygens (including phenoxy) is 3. The Morgan fingerprint density at radius 1 is 1.19 bits per heavy atom. The van der Waals surface area contributed by atoms with Gasteiger partial charge < -0.3 is 14.2 Å². The van der Waals surface area contributed by atoms with Crippen LogP contribution in [0.5, 0.6) is 0 Å². The molecule has 2 atom stereocenters. The second kappa shape index (κ2) is 8.64. The Labute approximate surface area is 181 Å². The van der Waals surface area contributed by atoms with E-state index in [0.29, 0.717) is 5.69 Å². The summed E-state index contributed by atoms with van der Waals surface area (Å²) < 4.78 is 44.4. The zero-order valence-corrected chi connectivity index (χ0v) is 19.1. The van der Waals surface area contributed by atoms with Crippen LogP contribution in [0.4, 0.5) is 0 Å². The number of aromatic nitrogens is 4. The molecule has 0 bridgehead atoms. The second-order valence-electron chi connectivity index (χ2n) is 8.90. The minimum absolute atomic E-state index is 0.00234. The molecule has 0 spiro atoms. The van der Waals surface area contributed by atoms with E-state index in [2.05, 4.69) is 15.5 Å². The van der Waals surface area contributed by atoms with Crippen molar-refractivity contribution in [2.75, 3.05) is 5.75 Å². The Morgan fingerprint density at radius 3 is 2.48 bits per heavy atom. The van der Waals surface area contributed by atoms with Gasteiger partial charge in [0, 0.05) is 6.42 Å². The van der Waals surface area contributed by atoms with E-state index in [-0.39, 0.29) is 23.8 Å². The molecule has 2 heterocycles. The Kier molecular flexibility index (Phi) is 6.49. The maximum absolute atomic E-state index is 13.1. The van der Waals surface area contributed by atoms with E-state index < -0.39 is 39.4 Å². The number of tetrazole rings is 1. The molecule has 0 saturated carbocycles. The number of hydrogen-bond acceptors (Lipinski definition) is 9. The van der Waals surface area contributed by atoms with E-state index in [1.165, 1.54) is 4.68 Å². The van der Waals surface area contributed by atoms with Crippen molar-refractivity contribution in [3.05, 3.63) is 30.3 Å². The largest absolute Gasteiger partial charge is 0.460 e. The molecule has 2 aromatic rings. The van der Waals surface area contributed by atoms with E-state index in [4.69, 9.17) is 14.2 Å². The normalized spacial score (nSPS) is 21.6. The highest BCUT2D eigenvalue weighted by Crippen LogP contribution is 2.30. The second-order valence-corrected chi connectivity index (χ2v) is 10.8. The first-order chi connectivity index (χ1) is 14.3. The molecule has 1 fully saturated rings. The van der Waals surface area contributed by atoms with Gasteiger partial charge in [0.25, 0.3) is 5.16 Å². The number of benzene rings is 1. The lowest BCUT2D eigenvalue weighted by atomic mass is 10.1. The predicted molar refractivity (Wildman–Crippen MR) is 110 cm³/mol. The first kappa shape index (κ1) is 23.3.